The number of carbonyl (C=O) groups excluding carboxylic acids is 1. The van der Waals surface area contributed by atoms with Crippen molar-refractivity contribution in [2.24, 2.45) is 0 Å². The van der Waals surface area contributed by atoms with Crippen LogP contribution in [0.2, 0.25) is 5.02 Å². The van der Waals surface area contributed by atoms with Gasteiger partial charge in [0.15, 0.2) is 15.6 Å². The van der Waals surface area contributed by atoms with Crippen LogP contribution in [-0.4, -0.2) is 36.8 Å². The Morgan fingerprint density at radius 1 is 1.21 bits per heavy atom. The molecule has 1 aliphatic heterocycles. The molecule has 1 atom stereocenters. The Morgan fingerprint density at radius 2 is 1.97 bits per heavy atom. The molecule has 0 N–H and O–H groups in total. The lowest BCUT2D eigenvalue weighted by Crippen LogP contribution is -2.40. The van der Waals surface area contributed by atoms with Crippen molar-refractivity contribution in [3.05, 3.63) is 69.9 Å². The largest absolute Gasteiger partial charge is 0.451 e. The Morgan fingerprint density at radius 3 is 2.66 bits per heavy atom. The van der Waals surface area contributed by atoms with Crippen molar-refractivity contribution in [1.82, 2.24) is 4.90 Å². The van der Waals surface area contributed by atoms with Gasteiger partial charge in [-0.2, -0.15) is 0 Å². The van der Waals surface area contributed by atoms with Gasteiger partial charge >= 0.3 is 0 Å². The molecule has 0 spiro atoms. The molecular weight excluding hydrogens is 410 g/mol. The summed E-state index contributed by atoms with van der Waals surface area (Å²) < 4.78 is 30.1. The minimum Gasteiger partial charge on any atom is -0.451 e. The number of rotatable bonds is 4. The Labute approximate surface area is 175 Å². The molecular formula is C22H22ClNO4S. The molecule has 29 heavy (non-hydrogen) atoms. The summed E-state index contributed by atoms with van der Waals surface area (Å²) in [6.07, 6.45) is 0.414. The molecule has 0 radical (unpaired) electrons. The summed E-state index contributed by atoms with van der Waals surface area (Å²) in [5.41, 5.74) is 3.23. The summed E-state index contributed by atoms with van der Waals surface area (Å²) in [6.45, 7) is 4.05. The summed E-state index contributed by atoms with van der Waals surface area (Å²) in [5.74, 6) is -0.00977. The van der Waals surface area contributed by atoms with Gasteiger partial charge in [-0.3, -0.25) is 4.79 Å². The van der Waals surface area contributed by atoms with E-state index in [1.54, 1.807) is 11.0 Å². The van der Waals surface area contributed by atoms with Gasteiger partial charge in [0.25, 0.3) is 5.91 Å². The molecule has 2 heterocycles. The van der Waals surface area contributed by atoms with E-state index in [2.05, 4.69) is 0 Å². The first-order valence-electron chi connectivity index (χ1n) is 9.50. The quantitative estimate of drug-likeness (QED) is 0.608. The molecule has 2 aromatic carbocycles. The predicted octanol–water partition coefficient (Wildman–Crippen LogP) is 4.53. The van der Waals surface area contributed by atoms with Crippen molar-refractivity contribution < 1.29 is 17.6 Å². The highest BCUT2D eigenvalue weighted by Crippen LogP contribution is 2.30. The molecule has 3 aromatic rings. The van der Waals surface area contributed by atoms with Crippen LogP contribution in [0.5, 0.6) is 0 Å². The number of carbonyl (C=O) groups is 1. The molecule has 1 aromatic heterocycles. The molecule has 1 saturated heterocycles. The number of hydrogen-bond acceptors (Lipinski definition) is 4. The molecule has 0 bridgehead atoms. The van der Waals surface area contributed by atoms with E-state index in [0.29, 0.717) is 17.0 Å². The van der Waals surface area contributed by atoms with Crippen LogP contribution in [0.3, 0.4) is 0 Å². The zero-order valence-electron chi connectivity index (χ0n) is 16.3. The summed E-state index contributed by atoms with van der Waals surface area (Å²) >= 11 is 6.32. The van der Waals surface area contributed by atoms with Crippen molar-refractivity contribution >= 4 is 38.3 Å². The fraction of sp³-hybridized carbons (Fsp3) is 0.318. The first-order valence-corrected chi connectivity index (χ1v) is 11.7. The molecule has 0 unspecified atom stereocenters. The lowest BCUT2D eigenvalue weighted by Gasteiger charge is -2.28. The SMILES string of the molecule is Cc1ccc2c(C)c(C(=O)N(Cc3ccccc3Cl)[C@@H]3CCS(=O)(=O)C3)oc2c1. The molecule has 4 rings (SSSR count). The van der Waals surface area contributed by atoms with E-state index in [-0.39, 0.29) is 29.7 Å². The molecule has 0 saturated carbocycles. The molecule has 152 valence electrons. The van der Waals surface area contributed by atoms with E-state index < -0.39 is 15.9 Å². The molecule has 1 aliphatic rings. The van der Waals surface area contributed by atoms with Crippen LogP contribution in [0.15, 0.2) is 46.9 Å². The number of nitrogens with zero attached hydrogens (tertiary/aromatic N) is 1. The van der Waals surface area contributed by atoms with Crippen LogP contribution in [0.4, 0.5) is 0 Å². The lowest BCUT2D eigenvalue weighted by molar-refractivity contribution is 0.0649. The predicted molar refractivity (Wildman–Crippen MR) is 114 cm³/mol. The highest BCUT2D eigenvalue weighted by Gasteiger charge is 2.37. The zero-order valence-corrected chi connectivity index (χ0v) is 17.9. The van der Waals surface area contributed by atoms with Gasteiger partial charge in [0.2, 0.25) is 0 Å². The first kappa shape index (κ1) is 20.0. The fourth-order valence-electron chi connectivity index (χ4n) is 3.87. The van der Waals surface area contributed by atoms with Gasteiger partial charge in [-0.05, 0) is 43.5 Å². The minimum atomic E-state index is -3.16. The maximum Gasteiger partial charge on any atom is 0.290 e. The van der Waals surface area contributed by atoms with Crippen molar-refractivity contribution in [2.75, 3.05) is 11.5 Å². The van der Waals surface area contributed by atoms with Crippen molar-refractivity contribution in [3.8, 4) is 0 Å². The Bertz CT molecular complexity index is 1200. The number of halogens is 1. The maximum absolute atomic E-state index is 13.5. The van der Waals surface area contributed by atoms with Crippen molar-refractivity contribution in [1.29, 1.82) is 0 Å². The average Bonchev–Trinajstić information content (AvgIpc) is 3.19. The number of sulfone groups is 1. The Balaban J connectivity index is 1.75. The van der Waals surface area contributed by atoms with E-state index in [1.165, 1.54) is 0 Å². The first-order chi connectivity index (χ1) is 13.7. The van der Waals surface area contributed by atoms with Crippen LogP contribution in [0.1, 0.15) is 33.7 Å². The molecule has 5 nitrogen and oxygen atoms in total. The van der Waals surface area contributed by atoms with Gasteiger partial charge in [0.1, 0.15) is 5.58 Å². The normalized spacial score (nSPS) is 18.2. The number of fused-ring (bicyclic) bond motifs is 1. The fourth-order valence-corrected chi connectivity index (χ4v) is 5.79. The van der Waals surface area contributed by atoms with Gasteiger partial charge in [0, 0.05) is 28.6 Å². The Hall–Kier alpha value is -2.31. The molecule has 1 fully saturated rings. The zero-order chi connectivity index (χ0) is 20.8. The number of furan rings is 1. The number of benzene rings is 2. The van der Waals surface area contributed by atoms with Crippen LogP contribution in [-0.2, 0) is 16.4 Å². The number of amides is 1. The van der Waals surface area contributed by atoms with Gasteiger partial charge in [-0.15, -0.1) is 0 Å². The second kappa shape index (κ2) is 7.50. The van der Waals surface area contributed by atoms with Crippen LogP contribution >= 0.6 is 11.6 Å². The van der Waals surface area contributed by atoms with E-state index in [4.69, 9.17) is 16.0 Å². The Kier molecular flexibility index (Phi) is 5.17. The molecule has 0 aliphatic carbocycles. The number of aryl methyl sites for hydroxylation is 2. The van der Waals surface area contributed by atoms with Crippen LogP contribution in [0.25, 0.3) is 11.0 Å². The third kappa shape index (κ3) is 3.91. The average molecular weight is 432 g/mol. The monoisotopic (exact) mass is 431 g/mol. The molecule has 1 amide bonds. The topological polar surface area (TPSA) is 67.6 Å². The standard InChI is InChI=1S/C22H22ClNO4S/c1-14-7-8-18-15(2)21(28-20(18)11-14)22(25)24(17-9-10-29(26,27)13-17)12-16-5-3-4-6-19(16)23/h3-8,11,17H,9-10,12-13H2,1-2H3/t17-/m1/s1. The highest BCUT2D eigenvalue weighted by atomic mass is 35.5. The van der Waals surface area contributed by atoms with Crippen molar-refractivity contribution in [3.63, 3.8) is 0 Å². The van der Waals surface area contributed by atoms with Crippen molar-refractivity contribution in [2.45, 2.75) is 32.9 Å². The van der Waals surface area contributed by atoms with Gasteiger partial charge in [0.05, 0.1) is 11.5 Å². The summed E-state index contributed by atoms with van der Waals surface area (Å²) in [6, 6.07) is 12.7. The van der Waals surface area contributed by atoms with E-state index in [1.807, 2.05) is 50.2 Å². The highest BCUT2D eigenvalue weighted by molar-refractivity contribution is 7.91. The minimum absolute atomic E-state index is 0.0401. The third-order valence-corrected chi connectivity index (χ3v) is 7.62. The van der Waals surface area contributed by atoms with Gasteiger partial charge in [-0.25, -0.2) is 8.42 Å². The smallest absolute Gasteiger partial charge is 0.290 e. The maximum atomic E-state index is 13.5. The summed E-state index contributed by atoms with van der Waals surface area (Å²) in [4.78, 5) is 15.1. The molecule has 7 heteroatoms. The van der Waals surface area contributed by atoms with E-state index in [9.17, 15) is 13.2 Å². The van der Waals surface area contributed by atoms with Gasteiger partial charge in [-0.1, -0.05) is 41.9 Å². The third-order valence-electron chi connectivity index (χ3n) is 5.50. The lowest BCUT2D eigenvalue weighted by atomic mass is 10.1. The van der Waals surface area contributed by atoms with E-state index in [0.717, 1.165) is 22.1 Å². The number of hydrogen-bond donors (Lipinski definition) is 0. The summed E-state index contributed by atoms with van der Waals surface area (Å²) in [5, 5.41) is 1.43. The second-order valence-electron chi connectivity index (χ2n) is 7.64. The van der Waals surface area contributed by atoms with Crippen LogP contribution < -0.4 is 0 Å². The van der Waals surface area contributed by atoms with Gasteiger partial charge < -0.3 is 9.32 Å². The van der Waals surface area contributed by atoms with Crippen LogP contribution in [0, 0.1) is 13.8 Å². The second-order valence-corrected chi connectivity index (χ2v) is 10.3. The van der Waals surface area contributed by atoms with E-state index >= 15 is 0 Å². The summed E-state index contributed by atoms with van der Waals surface area (Å²) in [7, 11) is -3.16.